The molecule has 0 saturated carbocycles. The Morgan fingerprint density at radius 1 is 0.250 bits per heavy atom. The maximum atomic E-state index is 9.03. The molecule has 0 amide bonds. The first-order valence-corrected chi connectivity index (χ1v) is 51.8. The topological polar surface area (TPSA) is 54.4 Å². The summed E-state index contributed by atoms with van der Waals surface area (Å²) in [4.78, 5) is 4.67. The molecule has 0 bridgehead atoms. The van der Waals surface area contributed by atoms with Crippen molar-refractivity contribution in [1.82, 2.24) is 0 Å². The van der Waals surface area contributed by atoms with Crippen molar-refractivity contribution in [3.8, 4) is 107 Å². The van der Waals surface area contributed by atoms with Crippen LogP contribution in [0.4, 0.5) is 34.1 Å². The van der Waals surface area contributed by atoms with Crippen LogP contribution in [-0.4, -0.2) is 12.7 Å². The van der Waals surface area contributed by atoms with Crippen molar-refractivity contribution < 1.29 is 19.2 Å². The summed E-state index contributed by atoms with van der Waals surface area (Å²) < 4.78 is 18.8. The minimum atomic E-state index is -0.591. The third-order valence-corrected chi connectivity index (χ3v) is 31.0. The molecule has 0 aliphatic heterocycles. The zero-order valence-corrected chi connectivity index (χ0v) is 86.7. The number of hydrogen-bond acceptors (Lipinski definition) is 6. The van der Waals surface area contributed by atoms with Gasteiger partial charge in [0.05, 0.1) is 10.8 Å². The van der Waals surface area contributed by atoms with E-state index in [1.165, 1.54) is 150 Å². The molecule has 0 aromatic heterocycles. The fraction of sp³-hybridized carbons (Fsp3) is 0.114. The van der Waals surface area contributed by atoms with E-state index in [1.807, 2.05) is 91.0 Å². The van der Waals surface area contributed by atoms with Crippen molar-refractivity contribution in [2.24, 2.45) is 0 Å². The van der Waals surface area contributed by atoms with Crippen LogP contribution < -0.4 is 23.9 Å². The summed E-state index contributed by atoms with van der Waals surface area (Å²) in [5.74, 6) is 3.78. The highest BCUT2D eigenvalue weighted by molar-refractivity contribution is 9.10. The standard InChI is InChI=1S/C70H57NO.C37H31BrO.C33H27BNO2/c1-7-47-21-39-58(40-22-47)72-59-41-32-54(33-42-59)70(53-30-28-52(29-31-53)68(2,3)4)65-20-14-12-18-61(65)63-43-27-51(45-67(63)70)50-25-36-56(37-26-50)71(55-34-23-49(24-35-55)48-15-9-8-10-16-48)57-38-44-62-60-17-11-13-19-64(60)69(5,6)66(62)46-57;1-5-25-10-19-30(20-11-25)39-31-21-16-28(17-22-31)37(27-14-12-26(13-15-27)36(2,3)4)34-9-7-6-8-32(34)33-23-18-29(38)24-35(33)37;1-33(2)31-11-7-6-10-29(31)30-21-18-27(22-32(30)33)35(26-16-19-28(20-17-26)37-34-36)25-14-12-24(13-15-25)23-8-4-3-5-9-23/h7-46H,1H2,2-6H3;5-24H,1H2,2-4H3;3-22,36H,1-2H3. The van der Waals surface area contributed by atoms with E-state index in [-0.39, 0.29) is 21.7 Å². The maximum Gasteiger partial charge on any atom is 0.569 e. The van der Waals surface area contributed by atoms with Crippen molar-refractivity contribution in [2.75, 3.05) is 9.80 Å². The molecule has 0 saturated heterocycles. The van der Waals surface area contributed by atoms with E-state index in [1.54, 1.807) is 0 Å². The summed E-state index contributed by atoms with van der Waals surface area (Å²) in [5.41, 5.74) is 43.0. The minimum absolute atomic E-state index is 0.0174. The zero-order valence-electron chi connectivity index (χ0n) is 85.1. The lowest BCUT2D eigenvalue weighted by molar-refractivity contribution is 0.454. The number of halogens is 1. The summed E-state index contributed by atoms with van der Waals surface area (Å²) in [7, 11) is 0.704. The van der Waals surface area contributed by atoms with Gasteiger partial charge in [-0.05, 0) is 329 Å². The molecule has 148 heavy (non-hydrogen) atoms. The number of rotatable bonds is 21. The molecule has 24 rings (SSSR count). The van der Waals surface area contributed by atoms with Crippen LogP contribution in [0.25, 0.3) is 90.0 Å². The smallest absolute Gasteiger partial charge is 0.537 e. The second-order valence-corrected chi connectivity index (χ2v) is 43.0. The lowest BCUT2D eigenvalue weighted by atomic mass is 9.67. The van der Waals surface area contributed by atoms with Crippen molar-refractivity contribution in [3.63, 3.8) is 0 Å². The minimum Gasteiger partial charge on any atom is -0.537 e. The number of hydrogen-bond donors (Lipinski definition) is 1. The molecule has 0 fully saturated rings. The Balaban J connectivity index is 0.000000138. The highest BCUT2D eigenvalue weighted by Crippen LogP contribution is 2.61. The van der Waals surface area contributed by atoms with Crippen LogP contribution >= 0.6 is 15.9 Å². The Morgan fingerprint density at radius 2 is 0.514 bits per heavy atom. The molecule has 4 aliphatic carbocycles. The third kappa shape index (κ3) is 17.8. The van der Waals surface area contributed by atoms with E-state index in [9.17, 15) is 0 Å². The number of fused-ring (bicyclic) bond motifs is 12. The lowest BCUT2D eigenvalue weighted by Crippen LogP contribution is -2.29. The Kier molecular flexibility index (Phi) is 25.6. The largest absolute Gasteiger partial charge is 0.569 e. The van der Waals surface area contributed by atoms with Crippen LogP contribution in [0.15, 0.2) is 491 Å². The summed E-state index contributed by atoms with van der Waals surface area (Å²) in [6.07, 6.45) is 3.68. The Bertz CT molecular complexity index is 8320. The summed E-state index contributed by atoms with van der Waals surface area (Å²) in [6.45, 7) is 30.7. The molecule has 20 aromatic rings. The molecule has 1 N–H and O–H groups in total. The molecule has 20 aromatic carbocycles. The number of ether oxygens (including phenoxy) is 2. The Hall–Kier alpha value is -16.6. The highest BCUT2D eigenvalue weighted by atomic mass is 79.9. The average Bonchev–Trinajstić information content (AvgIpc) is 1.53. The van der Waals surface area contributed by atoms with Crippen molar-refractivity contribution in [2.45, 2.75) is 102 Å². The molecule has 0 spiro atoms. The van der Waals surface area contributed by atoms with E-state index >= 15 is 0 Å². The molecule has 719 valence electrons. The van der Waals surface area contributed by atoms with Crippen molar-refractivity contribution in [3.05, 3.63) is 580 Å². The van der Waals surface area contributed by atoms with Gasteiger partial charge in [-0.25, -0.2) is 0 Å². The first-order valence-electron chi connectivity index (χ1n) is 51.0. The molecule has 8 heteroatoms. The fourth-order valence-corrected chi connectivity index (χ4v) is 23.2. The van der Waals surface area contributed by atoms with Crippen molar-refractivity contribution in [1.29, 1.82) is 0 Å². The first kappa shape index (κ1) is 96.2. The van der Waals surface area contributed by atoms with Gasteiger partial charge in [0.2, 0.25) is 0 Å². The number of nitrogens with zero attached hydrogens (tertiary/aromatic N) is 2. The van der Waals surface area contributed by atoms with Crippen LogP contribution in [0.3, 0.4) is 0 Å². The molecule has 6 nitrogen and oxygen atoms in total. The number of anilines is 6. The lowest BCUT2D eigenvalue weighted by Gasteiger charge is -2.34. The van der Waals surface area contributed by atoms with Crippen LogP contribution in [0.5, 0.6) is 28.7 Å². The second-order valence-electron chi connectivity index (χ2n) is 42.1. The van der Waals surface area contributed by atoms with E-state index < -0.39 is 10.8 Å². The third-order valence-electron chi connectivity index (χ3n) is 30.6. The SMILES string of the molecule is C=Cc1ccc(Oc2ccc(C3(c4ccc(C(C)(C)C)cc4)c4ccccc4-c4ccc(-c5ccc(N(c6ccc(-c7ccccc7)cc6)c6ccc7c(c6)C(C)(C)c6ccccc6-7)cc5)cc43)cc2)cc1.C=Cc1ccc(Oc2ccc(C3(c4ccc(C(C)(C)C)cc4)c4ccccc4-c4ccc(Br)cc43)cc2)cc1.CC1(C)c2ccccc2-c2ccc(N(c3ccc(O[B]O)cc3)c3ccc(-c4ccccc4)cc3)cc21. The van der Waals surface area contributed by atoms with Gasteiger partial charge in [-0.1, -0.05) is 432 Å². The Morgan fingerprint density at radius 3 is 0.872 bits per heavy atom. The van der Waals surface area contributed by atoms with Gasteiger partial charge in [0.15, 0.2) is 0 Å². The van der Waals surface area contributed by atoms with Gasteiger partial charge in [0.25, 0.3) is 0 Å². The van der Waals surface area contributed by atoms with E-state index in [4.69, 9.17) is 19.2 Å². The molecule has 0 heterocycles. The molecular formula is C140H115BBrN2O4. The van der Waals surface area contributed by atoms with Gasteiger partial charge in [0.1, 0.15) is 28.7 Å². The number of benzene rings is 20. The van der Waals surface area contributed by atoms with E-state index in [0.717, 1.165) is 78.3 Å². The predicted molar refractivity (Wildman–Crippen MR) is 622 cm³/mol. The fourth-order valence-electron chi connectivity index (χ4n) is 22.9. The average molecular weight is 1980 g/mol. The summed E-state index contributed by atoms with van der Waals surface area (Å²) >= 11 is 3.78. The van der Waals surface area contributed by atoms with Gasteiger partial charge in [-0.2, -0.15) is 0 Å². The maximum absolute atomic E-state index is 9.03. The molecule has 1 radical (unpaired) electrons. The summed E-state index contributed by atoms with van der Waals surface area (Å²) in [5, 5.41) is 9.03. The van der Waals surface area contributed by atoms with Gasteiger partial charge >= 0.3 is 7.69 Å². The first-order chi connectivity index (χ1) is 71.9. The van der Waals surface area contributed by atoms with E-state index in [0.29, 0.717) is 13.4 Å². The van der Waals surface area contributed by atoms with Gasteiger partial charge in [-0.3, -0.25) is 0 Å². The van der Waals surface area contributed by atoms with Gasteiger partial charge < -0.3 is 29.0 Å². The van der Waals surface area contributed by atoms with Crippen molar-refractivity contribution >= 4 is 69.9 Å². The van der Waals surface area contributed by atoms with Gasteiger partial charge in [-0.15, -0.1) is 0 Å². The van der Waals surface area contributed by atoms with Crippen LogP contribution in [0.2, 0.25) is 0 Å². The summed E-state index contributed by atoms with van der Waals surface area (Å²) in [6, 6.07) is 171. The monoisotopic (exact) mass is 1980 g/mol. The molecule has 2 unspecified atom stereocenters. The van der Waals surface area contributed by atoms with Crippen LogP contribution in [0.1, 0.15) is 158 Å². The zero-order chi connectivity index (χ0) is 102. The van der Waals surface area contributed by atoms with Crippen LogP contribution in [0, 0.1) is 0 Å². The molecule has 2 atom stereocenters. The quantitative estimate of drug-likeness (QED) is 0.0724. The van der Waals surface area contributed by atoms with Crippen LogP contribution in [-0.2, 0) is 32.5 Å². The highest BCUT2D eigenvalue weighted by Gasteiger charge is 2.49. The molecule has 4 aliphatic rings. The van der Waals surface area contributed by atoms with E-state index in [2.05, 4.69) is 502 Å². The predicted octanol–water partition coefficient (Wildman–Crippen LogP) is 37.5. The second kappa shape index (κ2) is 39.4. The Labute approximate surface area is 880 Å². The van der Waals surface area contributed by atoms with Gasteiger partial charge in [0, 0.05) is 49.4 Å². The molecular weight excluding hydrogens is 1860 g/mol. The normalized spacial score (nSPS) is 14.7.